The Labute approximate surface area is 305 Å². The van der Waals surface area contributed by atoms with Crippen LogP contribution < -0.4 is 26.4 Å². The maximum Gasteiger partial charge on any atom is 0.307 e. The number of nitrogens with zero attached hydrogens (tertiary/aromatic N) is 1. The number of para-hydroxylation sites is 1. The van der Waals surface area contributed by atoms with Crippen molar-refractivity contribution in [1.82, 2.24) is 20.9 Å². The van der Waals surface area contributed by atoms with Gasteiger partial charge in [0.1, 0.15) is 11.8 Å². The summed E-state index contributed by atoms with van der Waals surface area (Å²) >= 11 is 1.43. The molecule has 3 atom stereocenters. The Morgan fingerprint density at radius 2 is 1.62 bits per heavy atom. The van der Waals surface area contributed by atoms with E-state index in [-0.39, 0.29) is 69.1 Å². The van der Waals surface area contributed by atoms with Crippen LogP contribution in [0.25, 0.3) is 0 Å². The third-order valence-corrected chi connectivity index (χ3v) is 9.24. The number of esters is 1. The van der Waals surface area contributed by atoms with Gasteiger partial charge in [0.15, 0.2) is 6.61 Å². The molecule has 0 aliphatic carbocycles. The van der Waals surface area contributed by atoms with E-state index in [1.165, 1.54) is 16.7 Å². The number of halogens is 1. The monoisotopic (exact) mass is 733 g/mol. The Kier molecular flexibility index (Phi) is 16.1. The highest BCUT2D eigenvalue weighted by Crippen LogP contribution is 2.40. The van der Waals surface area contributed by atoms with Crippen molar-refractivity contribution in [1.29, 1.82) is 0 Å². The van der Waals surface area contributed by atoms with Crippen molar-refractivity contribution >= 4 is 53.8 Å². The van der Waals surface area contributed by atoms with E-state index >= 15 is 0 Å². The fraction of sp³-hybridized carbons (Fsp3) is 0.528. The summed E-state index contributed by atoms with van der Waals surface area (Å²) in [6.45, 7) is 13.2. The van der Waals surface area contributed by atoms with E-state index in [1.54, 1.807) is 0 Å². The molecule has 2 aromatic carbocycles. The number of rotatable bonds is 15. The van der Waals surface area contributed by atoms with Crippen molar-refractivity contribution in [3.8, 4) is 5.75 Å². The molecule has 1 fully saturated rings. The molecule has 0 saturated carbocycles. The predicted molar refractivity (Wildman–Crippen MR) is 197 cm³/mol. The summed E-state index contributed by atoms with van der Waals surface area (Å²) in [7, 11) is 0. The average Bonchev–Trinajstić information content (AvgIpc) is 3.35. The predicted octanol–water partition coefficient (Wildman–Crippen LogP) is 3.19. The maximum atomic E-state index is 14.6. The van der Waals surface area contributed by atoms with E-state index in [1.807, 2.05) is 97.0 Å². The third-order valence-electron chi connectivity index (χ3n) is 7.87. The van der Waals surface area contributed by atoms with Crippen molar-refractivity contribution in [2.24, 2.45) is 5.73 Å². The summed E-state index contributed by atoms with van der Waals surface area (Å²) in [5.41, 5.74) is 7.39. The molecule has 4 amide bonds. The number of ether oxygens (including phenoxy) is 2. The number of nitrogens with one attached hydrogen (secondary N) is 3. The lowest BCUT2D eigenvalue weighted by Gasteiger charge is -2.36. The Balaban J connectivity index is 0.00000867. The maximum absolute atomic E-state index is 14.6. The van der Waals surface area contributed by atoms with Crippen LogP contribution in [0.2, 0.25) is 0 Å². The molecule has 1 saturated heterocycles. The molecule has 0 spiro atoms. The van der Waals surface area contributed by atoms with Gasteiger partial charge in [-0.1, -0.05) is 48.5 Å². The van der Waals surface area contributed by atoms with Gasteiger partial charge in [0.05, 0.1) is 18.3 Å². The SMILES string of the molecule is Cc1cccc(C)c1OCC(=O)N[C@@H](Cc1ccccc1)[C@H](OC(=O)CCC(=O)NCCN)C(=O)N1CSC(C)(C)C1C(=O)NC(C)(C)C.Cl. The first-order valence-electron chi connectivity index (χ1n) is 16.5. The van der Waals surface area contributed by atoms with Crippen molar-refractivity contribution in [3.05, 3.63) is 65.2 Å². The summed E-state index contributed by atoms with van der Waals surface area (Å²) in [6, 6.07) is 12.9. The van der Waals surface area contributed by atoms with Crippen LogP contribution in [0.15, 0.2) is 48.5 Å². The molecule has 1 unspecified atom stereocenters. The molecular formula is C36H52ClN5O7S. The molecule has 1 heterocycles. The molecule has 50 heavy (non-hydrogen) atoms. The van der Waals surface area contributed by atoms with Crippen LogP contribution in [0.4, 0.5) is 0 Å². The van der Waals surface area contributed by atoms with E-state index in [0.717, 1.165) is 16.7 Å². The highest BCUT2D eigenvalue weighted by molar-refractivity contribution is 8.00. The van der Waals surface area contributed by atoms with Crippen molar-refractivity contribution < 1.29 is 33.4 Å². The molecule has 5 N–H and O–H groups in total. The summed E-state index contributed by atoms with van der Waals surface area (Å²) in [4.78, 5) is 68.7. The van der Waals surface area contributed by atoms with E-state index in [0.29, 0.717) is 5.75 Å². The topological polar surface area (TPSA) is 169 Å². The van der Waals surface area contributed by atoms with Gasteiger partial charge in [-0.25, -0.2) is 0 Å². The summed E-state index contributed by atoms with van der Waals surface area (Å²) in [5, 5.41) is 8.48. The molecule has 1 aliphatic rings. The number of hydrogen-bond donors (Lipinski definition) is 4. The minimum absolute atomic E-state index is 0. The minimum atomic E-state index is -1.52. The fourth-order valence-electron chi connectivity index (χ4n) is 5.55. The van der Waals surface area contributed by atoms with Gasteiger partial charge in [-0.3, -0.25) is 24.0 Å². The van der Waals surface area contributed by atoms with Crippen LogP contribution in [0.1, 0.15) is 64.2 Å². The van der Waals surface area contributed by atoms with Gasteiger partial charge < -0.3 is 36.1 Å². The number of hydrogen-bond acceptors (Lipinski definition) is 9. The molecule has 14 heteroatoms. The molecule has 0 aromatic heterocycles. The molecular weight excluding hydrogens is 682 g/mol. The molecule has 276 valence electrons. The molecule has 1 aliphatic heterocycles. The van der Waals surface area contributed by atoms with Gasteiger partial charge in [-0.15, -0.1) is 24.2 Å². The number of amides is 4. The van der Waals surface area contributed by atoms with Crippen LogP contribution in [-0.2, 0) is 35.1 Å². The summed E-state index contributed by atoms with van der Waals surface area (Å²) in [6.07, 6.45) is -1.89. The van der Waals surface area contributed by atoms with Gasteiger partial charge in [0.25, 0.3) is 11.8 Å². The van der Waals surface area contributed by atoms with Gasteiger partial charge in [-0.2, -0.15) is 0 Å². The first kappa shape index (κ1) is 42.4. The van der Waals surface area contributed by atoms with Crippen LogP contribution in [0, 0.1) is 13.8 Å². The third kappa shape index (κ3) is 12.5. The van der Waals surface area contributed by atoms with Gasteiger partial charge in [-0.05, 0) is 71.6 Å². The van der Waals surface area contributed by atoms with E-state index in [2.05, 4.69) is 16.0 Å². The fourth-order valence-corrected chi connectivity index (χ4v) is 6.69. The number of carbonyl (C=O) groups is 5. The minimum Gasteiger partial charge on any atom is -0.483 e. The van der Waals surface area contributed by atoms with E-state index in [9.17, 15) is 24.0 Å². The second-order valence-electron chi connectivity index (χ2n) is 13.7. The number of carbonyl (C=O) groups excluding carboxylic acids is 5. The van der Waals surface area contributed by atoms with Gasteiger partial charge in [0.2, 0.25) is 17.9 Å². The highest BCUT2D eigenvalue weighted by atomic mass is 35.5. The Hall–Kier alpha value is -3.81. The second kappa shape index (κ2) is 19.0. The van der Waals surface area contributed by atoms with Gasteiger partial charge >= 0.3 is 5.97 Å². The Morgan fingerprint density at radius 1 is 0.980 bits per heavy atom. The molecule has 12 nitrogen and oxygen atoms in total. The van der Waals surface area contributed by atoms with Crippen LogP contribution in [0.5, 0.6) is 5.75 Å². The Bertz CT molecular complexity index is 1460. The molecule has 3 rings (SSSR count). The average molecular weight is 734 g/mol. The molecule has 2 aromatic rings. The zero-order valence-corrected chi connectivity index (χ0v) is 31.6. The first-order chi connectivity index (χ1) is 23.0. The lowest BCUT2D eigenvalue weighted by Crippen LogP contribution is -2.61. The largest absolute Gasteiger partial charge is 0.483 e. The summed E-state index contributed by atoms with van der Waals surface area (Å²) in [5.74, 6) is -1.97. The van der Waals surface area contributed by atoms with E-state index < -0.39 is 46.3 Å². The highest BCUT2D eigenvalue weighted by Gasteiger charge is 2.51. The zero-order valence-electron chi connectivity index (χ0n) is 30.0. The number of aryl methyl sites for hydroxylation is 2. The standard InChI is InChI=1S/C36H51N5O7S.ClH/c1-23-12-11-13-24(2)30(23)47-21-28(43)39-26(20-25-14-9-8-10-15-25)31(48-29(44)17-16-27(42)38-19-18-37)34(46)41-22-49-36(6,7)32(41)33(45)40-35(3,4)5;/h8-15,26,31-32H,16-22,37H2,1-7H3,(H,38,42)(H,39,43)(H,40,45);1H/t26-,31-,32?;/m0./s1. The first-order valence-corrected chi connectivity index (χ1v) is 17.5. The lowest BCUT2D eigenvalue weighted by molar-refractivity contribution is -0.164. The molecule has 0 bridgehead atoms. The van der Waals surface area contributed by atoms with E-state index in [4.69, 9.17) is 15.2 Å². The number of benzene rings is 2. The smallest absolute Gasteiger partial charge is 0.307 e. The summed E-state index contributed by atoms with van der Waals surface area (Å²) < 4.78 is 11.1. The second-order valence-corrected chi connectivity index (χ2v) is 15.3. The Morgan fingerprint density at radius 3 is 2.22 bits per heavy atom. The quantitative estimate of drug-likeness (QED) is 0.201. The van der Waals surface area contributed by atoms with Crippen LogP contribution >= 0.6 is 24.2 Å². The van der Waals surface area contributed by atoms with Crippen molar-refractivity contribution in [3.63, 3.8) is 0 Å². The van der Waals surface area contributed by atoms with Gasteiger partial charge in [0, 0.05) is 29.8 Å². The normalized spacial score (nSPS) is 16.3. The van der Waals surface area contributed by atoms with Crippen LogP contribution in [0.3, 0.4) is 0 Å². The number of nitrogens with two attached hydrogens (primary N) is 1. The number of thioether (sulfide) groups is 1. The lowest BCUT2D eigenvalue weighted by atomic mass is 9.96. The zero-order chi connectivity index (χ0) is 36.4. The van der Waals surface area contributed by atoms with Crippen LogP contribution in [-0.4, -0.2) is 88.5 Å². The van der Waals surface area contributed by atoms with Crippen molar-refractivity contribution in [2.75, 3.05) is 25.6 Å². The van der Waals surface area contributed by atoms with Crippen molar-refractivity contribution in [2.45, 2.75) is 96.2 Å². The molecule has 0 radical (unpaired) electrons.